The highest BCUT2D eigenvalue weighted by Crippen LogP contribution is 2.20. The van der Waals surface area contributed by atoms with Crippen LogP contribution in [0.4, 0.5) is 0 Å². The molecule has 0 saturated carbocycles. The highest BCUT2D eigenvalue weighted by molar-refractivity contribution is 5.31. The molecule has 0 heterocycles. The zero-order valence-corrected chi connectivity index (χ0v) is 14.8. The van der Waals surface area contributed by atoms with Crippen molar-refractivity contribution in [1.29, 1.82) is 0 Å². The molecule has 0 saturated heterocycles. The van der Waals surface area contributed by atoms with E-state index < -0.39 is 0 Å². The first kappa shape index (κ1) is 18.2. The van der Waals surface area contributed by atoms with E-state index in [0.717, 1.165) is 32.6 Å². The molecule has 21 heavy (non-hydrogen) atoms. The fourth-order valence-electron chi connectivity index (χ4n) is 2.15. The van der Waals surface area contributed by atoms with Gasteiger partial charge in [0.05, 0.1) is 12.6 Å². The first-order chi connectivity index (χ1) is 9.83. The largest absolute Gasteiger partial charge is 0.379 e. The van der Waals surface area contributed by atoms with Crippen molar-refractivity contribution in [3.8, 4) is 0 Å². The van der Waals surface area contributed by atoms with Crippen LogP contribution < -0.4 is 5.32 Å². The predicted octanol–water partition coefficient (Wildman–Crippen LogP) is 4.80. The fourth-order valence-corrected chi connectivity index (χ4v) is 2.15. The quantitative estimate of drug-likeness (QED) is 0.695. The summed E-state index contributed by atoms with van der Waals surface area (Å²) in [4.78, 5) is 0. The zero-order chi connectivity index (χ0) is 15.9. The van der Waals surface area contributed by atoms with Gasteiger partial charge >= 0.3 is 0 Å². The monoisotopic (exact) mass is 291 g/mol. The highest BCUT2D eigenvalue weighted by Gasteiger charge is 2.13. The molecule has 1 aromatic carbocycles. The Labute approximate surface area is 131 Å². The second-order valence-electron chi connectivity index (χ2n) is 7.24. The lowest BCUT2D eigenvalue weighted by atomic mass is 9.93. The van der Waals surface area contributed by atoms with Crippen LogP contribution in [0.2, 0.25) is 0 Å². The Hall–Kier alpha value is -0.860. The number of rotatable bonds is 8. The fraction of sp³-hybridized carbons (Fsp3) is 0.684. The molecular weight excluding hydrogens is 258 g/mol. The van der Waals surface area contributed by atoms with Gasteiger partial charge in [0, 0.05) is 6.61 Å². The summed E-state index contributed by atoms with van der Waals surface area (Å²) >= 11 is 0. The van der Waals surface area contributed by atoms with Gasteiger partial charge in [0.15, 0.2) is 0 Å². The molecule has 1 N–H and O–H groups in total. The molecule has 0 aliphatic carbocycles. The van der Waals surface area contributed by atoms with Crippen molar-refractivity contribution in [2.24, 2.45) is 5.41 Å². The third kappa shape index (κ3) is 7.10. The van der Waals surface area contributed by atoms with Crippen LogP contribution in [0.3, 0.4) is 0 Å². The van der Waals surface area contributed by atoms with Crippen LogP contribution in [-0.2, 0) is 4.74 Å². The molecule has 2 nitrogen and oxygen atoms in total. The third-order valence-corrected chi connectivity index (χ3v) is 3.85. The third-order valence-electron chi connectivity index (χ3n) is 3.85. The summed E-state index contributed by atoms with van der Waals surface area (Å²) in [6.45, 7) is 15.9. The Kier molecular flexibility index (Phi) is 7.41. The number of hydrogen-bond donors (Lipinski definition) is 1. The molecule has 0 aliphatic rings. The molecule has 1 atom stereocenters. The molecule has 2 heteroatoms. The van der Waals surface area contributed by atoms with Crippen LogP contribution in [0, 0.1) is 19.3 Å². The van der Waals surface area contributed by atoms with E-state index in [4.69, 9.17) is 4.74 Å². The summed E-state index contributed by atoms with van der Waals surface area (Å²) in [6.07, 6.45) is 2.24. The summed E-state index contributed by atoms with van der Waals surface area (Å²) < 4.78 is 5.93. The summed E-state index contributed by atoms with van der Waals surface area (Å²) in [5, 5.41) is 3.61. The summed E-state index contributed by atoms with van der Waals surface area (Å²) in [5.41, 5.74) is 4.38. The molecule has 0 radical (unpaired) electrons. The van der Waals surface area contributed by atoms with Gasteiger partial charge in [0.2, 0.25) is 0 Å². The SMILES string of the molecule is CCCNC(COCCC(C)(C)C)c1ccc(C)c(C)c1. The van der Waals surface area contributed by atoms with Crippen molar-refractivity contribution in [2.45, 2.75) is 60.4 Å². The average molecular weight is 291 g/mol. The van der Waals surface area contributed by atoms with E-state index in [-0.39, 0.29) is 0 Å². The van der Waals surface area contributed by atoms with Crippen LogP contribution in [0.15, 0.2) is 18.2 Å². The first-order valence-corrected chi connectivity index (χ1v) is 8.22. The van der Waals surface area contributed by atoms with Crippen LogP contribution in [0.5, 0.6) is 0 Å². The molecule has 0 aliphatic heterocycles. The van der Waals surface area contributed by atoms with E-state index in [0.29, 0.717) is 11.5 Å². The van der Waals surface area contributed by atoms with Gasteiger partial charge < -0.3 is 10.1 Å². The van der Waals surface area contributed by atoms with Gasteiger partial charge in [-0.2, -0.15) is 0 Å². The number of hydrogen-bond acceptors (Lipinski definition) is 2. The van der Waals surface area contributed by atoms with Crippen molar-refractivity contribution in [3.63, 3.8) is 0 Å². The maximum atomic E-state index is 5.93. The standard InChI is InChI=1S/C19H33NO/c1-7-11-20-18(14-21-12-10-19(4,5)6)17-9-8-15(2)16(3)13-17/h8-9,13,18,20H,7,10-12,14H2,1-6H3. The number of benzene rings is 1. The normalized spacial score (nSPS) is 13.4. The van der Waals surface area contributed by atoms with Crippen molar-refractivity contribution >= 4 is 0 Å². The van der Waals surface area contributed by atoms with Crippen molar-refractivity contribution in [3.05, 3.63) is 34.9 Å². The smallest absolute Gasteiger partial charge is 0.0661 e. The molecule has 0 spiro atoms. The molecule has 120 valence electrons. The molecule has 0 fully saturated rings. The molecule has 1 aromatic rings. The second-order valence-corrected chi connectivity index (χ2v) is 7.24. The molecule has 0 amide bonds. The van der Waals surface area contributed by atoms with Gasteiger partial charge in [0.1, 0.15) is 0 Å². The molecule has 1 unspecified atom stereocenters. The predicted molar refractivity (Wildman–Crippen MR) is 91.8 cm³/mol. The Balaban J connectivity index is 2.60. The van der Waals surface area contributed by atoms with Crippen molar-refractivity contribution in [1.82, 2.24) is 5.32 Å². The summed E-state index contributed by atoms with van der Waals surface area (Å²) in [6, 6.07) is 7.02. The van der Waals surface area contributed by atoms with Gasteiger partial charge in [-0.05, 0) is 55.3 Å². The minimum Gasteiger partial charge on any atom is -0.379 e. The molecule has 0 aromatic heterocycles. The molecular formula is C19H33NO. The van der Waals surface area contributed by atoms with Crippen molar-refractivity contribution in [2.75, 3.05) is 19.8 Å². The Morgan fingerprint density at radius 2 is 1.86 bits per heavy atom. The highest BCUT2D eigenvalue weighted by atomic mass is 16.5. The minimum absolute atomic E-state index is 0.296. The van der Waals surface area contributed by atoms with E-state index in [1.165, 1.54) is 16.7 Å². The van der Waals surface area contributed by atoms with Crippen LogP contribution in [0.1, 0.15) is 63.3 Å². The van der Waals surface area contributed by atoms with Crippen LogP contribution in [0.25, 0.3) is 0 Å². The molecule has 1 rings (SSSR count). The van der Waals surface area contributed by atoms with Crippen LogP contribution in [-0.4, -0.2) is 19.8 Å². The van der Waals surface area contributed by atoms with Gasteiger partial charge in [-0.1, -0.05) is 45.9 Å². The summed E-state index contributed by atoms with van der Waals surface area (Å²) in [5.74, 6) is 0. The lowest BCUT2D eigenvalue weighted by molar-refractivity contribution is 0.0897. The summed E-state index contributed by atoms with van der Waals surface area (Å²) in [7, 11) is 0. The van der Waals surface area contributed by atoms with Gasteiger partial charge in [-0.15, -0.1) is 0 Å². The topological polar surface area (TPSA) is 21.3 Å². The Morgan fingerprint density at radius 1 is 1.14 bits per heavy atom. The zero-order valence-electron chi connectivity index (χ0n) is 14.8. The Bertz CT molecular complexity index is 420. The van der Waals surface area contributed by atoms with E-state index in [1.54, 1.807) is 0 Å². The first-order valence-electron chi connectivity index (χ1n) is 8.22. The number of aryl methyl sites for hydroxylation is 2. The Morgan fingerprint density at radius 3 is 2.43 bits per heavy atom. The van der Waals surface area contributed by atoms with E-state index in [1.807, 2.05) is 0 Å². The lowest BCUT2D eigenvalue weighted by Gasteiger charge is -2.22. The minimum atomic E-state index is 0.296. The maximum absolute atomic E-state index is 5.93. The van der Waals surface area contributed by atoms with Crippen molar-refractivity contribution < 1.29 is 4.74 Å². The van der Waals surface area contributed by atoms with Crippen LogP contribution >= 0.6 is 0 Å². The number of nitrogens with one attached hydrogen (secondary N) is 1. The van der Waals surface area contributed by atoms with Gasteiger partial charge in [-0.3, -0.25) is 0 Å². The average Bonchev–Trinajstić information content (AvgIpc) is 2.40. The second kappa shape index (κ2) is 8.55. The number of ether oxygens (including phenoxy) is 1. The van der Waals surface area contributed by atoms with E-state index in [2.05, 4.69) is 65.1 Å². The van der Waals surface area contributed by atoms with Gasteiger partial charge in [0.25, 0.3) is 0 Å². The van der Waals surface area contributed by atoms with E-state index in [9.17, 15) is 0 Å². The maximum Gasteiger partial charge on any atom is 0.0661 e. The van der Waals surface area contributed by atoms with Gasteiger partial charge in [-0.25, -0.2) is 0 Å². The lowest BCUT2D eigenvalue weighted by Crippen LogP contribution is -2.27. The van der Waals surface area contributed by atoms with E-state index >= 15 is 0 Å². The molecule has 0 bridgehead atoms.